The molecule has 16 heavy (non-hydrogen) atoms. The lowest BCUT2D eigenvalue weighted by atomic mass is 10.1. The molecule has 0 amide bonds. The Morgan fingerprint density at radius 3 is 2.12 bits per heavy atom. The van der Waals surface area contributed by atoms with E-state index in [9.17, 15) is 9.00 Å². The van der Waals surface area contributed by atoms with Crippen LogP contribution in [0, 0.1) is 0 Å². The Balaban J connectivity index is 3.12. The molecule has 2 atom stereocenters. The molecule has 0 fully saturated rings. The quantitative estimate of drug-likeness (QED) is 0.882. The molecule has 0 aliphatic carbocycles. The predicted octanol–water partition coefficient (Wildman–Crippen LogP) is 2.36. The number of carbonyl (C=O) groups is 1. The Hall–Kier alpha value is -1.16. The Labute approximate surface area is 98.0 Å². The monoisotopic (exact) mass is 240 g/mol. The van der Waals surface area contributed by atoms with Crippen LogP contribution in [0.15, 0.2) is 30.3 Å². The van der Waals surface area contributed by atoms with E-state index < -0.39 is 26.8 Å². The van der Waals surface area contributed by atoms with Gasteiger partial charge in [0.1, 0.15) is 0 Å². The smallest absolute Gasteiger partial charge is 0.323 e. The van der Waals surface area contributed by atoms with Gasteiger partial charge in [0.25, 0.3) is 0 Å². The highest BCUT2D eigenvalue weighted by atomic mass is 32.2. The minimum Gasteiger partial charge on any atom is -0.480 e. The molecule has 0 aliphatic rings. The van der Waals surface area contributed by atoms with Gasteiger partial charge in [-0.2, -0.15) is 0 Å². The van der Waals surface area contributed by atoms with Crippen molar-refractivity contribution >= 4 is 16.8 Å². The highest BCUT2D eigenvalue weighted by Gasteiger charge is 2.34. The van der Waals surface area contributed by atoms with E-state index in [0.29, 0.717) is 5.56 Å². The summed E-state index contributed by atoms with van der Waals surface area (Å²) in [7, 11) is -1.46. The molecule has 0 radical (unpaired) electrons. The van der Waals surface area contributed by atoms with Gasteiger partial charge in [0.05, 0.1) is 0 Å². The van der Waals surface area contributed by atoms with Gasteiger partial charge in [-0.3, -0.25) is 9.00 Å². The lowest BCUT2D eigenvalue weighted by Crippen LogP contribution is -2.30. The van der Waals surface area contributed by atoms with Crippen molar-refractivity contribution in [3.63, 3.8) is 0 Å². The van der Waals surface area contributed by atoms with Crippen molar-refractivity contribution in [1.82, 2.24) is 0 Å². The summed E-state index contributed by atoms with van der Waals surface area (Å²) in [6, 6.07) is 8.71. The molecule has 0 aliphatic heterocycles. The molecule has 1 rings (SSSR count). The second-order valence-electron chi connectivity index (χ2n) is 4.54. The minimum atomic E-state index is -1.46. The fraction of sp³-hybridized carbons (Fsp3) is 0.417. The van der Waals surface area contributed by atoms with Gasteiger partial charge in [0.15, 0.2) is 5.25 Å². The molecule has 0 heterocycles. The second kappa shape index (κ2) is 4.78. The Kier molecular flexibility index (Phi) is 3.86. The second-order valence-corrected chi connectivity index (χ2v) is 6.83. The van der Waals surface area contributed by atoms with Crippen molar-refractivity contribution in [2.45, 2.75) is 30.8 Å². The third kappa shape index (κ3) is 2.92. The highest BCUT2D eigenvalue weighted by molar-refractivity contribution is 7.87. The standard InChI is InChI=1S/C12H16O3S/c1-12(2,3)16(15)10(11(13)14)9-7-5-4-6-8-9/h4-8,10H,1-3H3,(H,13,14). The van der Waals surface area contributed by atoms with Crippen molar-refractivity contribution in [1.29, 1.82) is 0 Å². The van der Waals surface area contributed by atoms with Crippen LogP contribution in [-0.2, 0) is 15.6 Å². The fourth-order valence-corrected chi connectivity index (χ4v) is 2.63. The first-order valence-electron chi connectivity index (χ1n) is 5.02. The van der Waals surface area contributed by atoms with Crippen LogP contribution in [0.1, 0.15) is 31.6 Å². The van der Waals surface area contributed by atoms with E-state index in [-0.39, 0.29) is 0 Å². The maximum atomic E-state index is 12.1. The average molecular weight is 240 g/mol. The predicted molar refractivity (Wildman–Crippen MR) is 64.7 cm³/mol. The Morgan fingerprint density at radius 1 is 1.25 bits per heavy atom. The molecular weight excluding hydrogens is 224 g/mol. The van der Waals surface area contributed by atoms with Crippen molar-refractivity contribution in [3.8, 4) is 0 Å². The maximum absolute atomic E-state index is 12.1. The molecule has 0 aromatic heterocycles. The largest absolute Gasteiger partial charge is 0.480 e. The number of aliphatic carboxylic acids is 1. The van der Waals surface area contributed by atoms with Crippen molar-refractivity contribution in [3.05, 3.63) is 35.9 Å². The van der Waals surface area contributed by atoms with Gasteiger partial charge in [-0.25, -0.2) is 0 Å². The van der Waals surface area contributed by atoms with E-state index in [2.05, 4.69) is 0 Å². The molecule has 1 aromatic carbocycles. The van der Waals surface area contributed by atoms with Gasteiger partial charge in [-0.05, 0) is 26.3 Å². The normalized spacial score (nSPS) is 15.4. The van der Waals surface area contributed by atoms with Crippen LogP contribution in [0.3, 0.4) is 0 Å². The maximum Gasteiger partial charge on any atom is 0.323 e. The van der Waals surface area contributed by atoms with Crippen LogP contribution in [0.5, 0.6) is 0 Å². The summed E-state index contributed by atoms with van der Waals surface area (Å²) in [6.07, 6.45) is 0. The molecular formula is C12H16O3S. The third-order valence-corrected chi connectivity index (χ3v) is 4.25. The van der Waals surface area contributed by atoms with Gasteiger partial charge < -0.3 is 5.11 Å². The van der Waals surface area contributed by atoms with Crippen LogP contribution in [-0.4, -0.2) is 20.0 Å². The van der Waals surface area contributed by atoms with E-state index >= 15 is 0 Å². The fourth-order valence-electron chi connectivity index (χ4n) is 1.34. The van der Waals surface area contributed by atoms with Gasteiger partial charge in [0, 0.05) is 15.5 Å². The SMILES string of the molecule is CC(C)(C)S(=O)C(C(=O)O)c1ccccc1. The lowest BCUT2D eigenvalue weighted by molar-refractivity contribution is -0.136. The van der Waals surface area contributed by atoms with E-state index in [1.54, 1.807) is 45.0 Å². The van der Waals surface area contributed by atoms with Crippen LogP contribution >= 0.6 is 0 Å². The summed E-state index contributed by atoms with van der Waals surface area (Å²) in [6.45, 7) is 5.34. The number of hydrogen-bond donors (Lipinski definition) is 1. The lowest BCUT2D eigenvalue weighted by Gasteiger charge is -2.23. The summed E-state index contributed by atoms with van der Waals surface area (Å²) in [5, 5.41) is 8.21. The summed E-state index contributed by atoms with van der Waals surface area (Å²) in [5.74, 6) is -1.04. The molecule has 88 valence electrons. The van der Waals surface area contributed by atoms with Gasteiger partial charge in [-0.1, -0.05) is 30.3 Å². The van der Waals surface area contributed by atoms with Gasteiger partial charge in [-0.15, -0.1) is 0 Å². The van der Waals surface area contributed by atoms with Gasteiger partial charge >= 0.3 is 5.97 Å². The zero-order chi connectivity index (χ0) is 12.3. The minimum absolute atomic E-state index is 0.543. The molecule has 1 N–H and O–H groups in total. The first kappa shape index (κ1) is 12.9. The molecule has 0 spiro atoms. The zero-order valence-electron chi connectivity index (χ0n) is 9.64. The molecule has 0 saturated heterocycles. The van der Waals surface area contributed by atoms with Crippen LogP contribution in [0.25, 0.3) is 0 Å². The first-order chi connectivity index (χ1) is 7.34. The number of benzene rings is 1. The zero-order valence-corrected chi connectivity index (χ0v) is 10.5. The summed E-state index contributed by atoms with van der Waals surface area (Å²) in [4.78, 5) is 11.2. The highest BCUT2D eigenvalue weighted by Crippen LogP contribution is 2.28. The Morgan fingerprint density at radius 2 is 1.75 bits per heavy atom. The summed E-state index contributed by atoms with van der Waals surface area (Å²) < 4.78 is 11.6. The molecule has 1 aromatic rings. The van der Waals surface area contributed by atoms with Crippen LogP contribution in [0.2, 0.25) is 0 Å². The number of carboxylic acids is 1. The average Bonchev–Trinajstić information content (AvgIpc) is 2.17. The molecule has 3 nitrogen and oxygen atoms in total. The summed E-state index contributed by atoms with van der Waals surface area (Å²) in [5.41, 5.74) is 0.586. The van der Waals surface area contributed by atoms with Crippen molar-refractivity contribution in [2.24, 2.45) is 0 Å². The number of hydrogen-bond acceptors (Lipinski definition) is 2. The van der Waals surface area contributed by atoms with Crippen molar-refractivity contribution in [2.75, 3.05) is 0 Å². The van der Waals surface area contributed by atoms with Crippen LogP contribution < -0.4 is 0 Å². The molecule has 2 unspecified atom stereocenters. The van der Waals surface area contributed by atoms with Crippen LogP contribution in [0.4, 0.5) is 0 Å². The summed E-state index contributed by atoms with van der Waals surface area (Å²) >= 11 is 0. The molecule has 0 saturated carbocycles. The van der Waals surface area contributed by atoms with E-state index in [1.807, 2.05) is 6.07 Å². The number of carboxylic acid groups (broad SMARTS) is 1. The topological polar surface area (TPSA) is 54.4 Å². The van der Waals surface area contributed by atoms with E-state index in [4.69, 9.17) is 5.11 Å². The molecule has 4 heteroatoms. The van der Waals surface area contributed by atoms with Gasteiger partial charge in [0.2, 0.25) is 0 Å². The van der Waals surface area contributed by atoms with Crippen molar-refractivity contribution < 1.29 is 14.1 Å². The molecule has 0 bridgehead atoms. The van der Waals surface area contributed by atoms with E-state index in [1.165, 1.54) is 0 Å². The van der Waals surface area contributed by atoms with E-state index in [0.717, 1.165) is 0 Å². The Bertz CT molecular complexity index is 392. The third-order valence-electron chi connectivity index (χ3n) is 2.14. The first-order valence-corrected chi connectivity index (χ1v) is 6.24. The number of rotatable bonds is 3.